The Balaban J connectivity index is 2.25. The first-order valence-corrected chi connectivity index (χ1v) is 7.18. The lowest BCUT2D eigenvalue weighted by Gasteiger charge is -2.30. The molecule has 18 heavy (non-hydrogen) atoms. The third kappa shape index (κ3) is 2.72. The van der Waals surface area contributed by atoms with Gasteiger partial charge in [-0.2, -0.15) is 0 Å². The third-order valence-electron chi connectivity index (χ3n) is 3.07. The summed E-state index contributed by atoms with van der Waals surface area (Å²) in [6.45, 7) is 8.04. The van der Waals surface area contributed by atoms with E-state index >= 15 is 0 Å². The minimum absolute atomic E-state index is 0.124. The Labute approximate surface area is 112 Å². The normalized spacial score (nSPS) is 20.8. The van der Waals surface area contributed by atoms with Gasteiger partial charge < -0.3 is 10.2 Å². The van der Waals surface area contributed by atoms with E-state index in [2.05, 4.69) is 31.1 Å². The summed E-state index contributed by atoms with van der Waals surface area (Å²) in [7, 11) is 1.84. The number of carbonyl (C=O) groups is 1. The zero-order valence-corrected chi connectivity index (χ0v) is 12.3. The van der Waals surface area contributed by atoms with E-state index in [0.717, 1.165) is 30.1 Å². The molecule has 0 saturated carbocycles. The molecule has 0 saturated heterocycles. The van der Waals surface area contributed by atoms with Gasteiger partial charge in [0.25, 0.3) is 0 Å². The van der Waals surface area contributed by atoms with Crippen LogP contribution in [-0.4, -0.2) is 35.9 Å². The predicted molar refractivity (Wildman–Crippen MR) is 73.7 cm³/mol. The van der Waals surface area contributed by atoms with Gasteiger partial charge in [0.2, 0.25) is 5.91 Å². The second-order valence-corrected chi connectivity index (χ2v) is 6.84. The summed E-state index contributed by atoms with van der Waals surface area (Å²) in [5.41, 5.74) is 3.03. The van der Waals surface area contributed by atoms with Crippen molar-refractivity contribution in [3.63, 3.8) is 0 Å². The molecule has 1 atom stereocenters. The minimum Gasteiger partial charge on any atom is -0.340 e. The molecule has 0 fully saturated rings. The molecule has 4 nitrogen and oxygen atoms in total. The number of nitrogens with zero attached hydrogens (tertiary/aromatic N) is 2. The van der Waals surface area contributed by atoms with E-state index in [0.29, 0.717) is 0 Å². The maximum absolute atomic E-state index is 12.6. The molecule has 1 aliphatic heterocycles. The maximum Gasteiger partial charge on any atom is 0.245 e. The number of aromatic nitrogens is 1. The van der Waals surface area contributed by atoms with Gasteiger partial charge in [0.05, 0.1) is 16.1 Å². The Kier molecular flexibility index (Phi) is 3.73. The fraction of sp³-hybridized carbons (Fsp3) is 0.692. The molecule has 0 bridgehead atoms. The quantitative estimate of drug-likeness (QED) is 0.889. The van der Waals surface area contributed by atoms with Gasteiger partial charge in [0.1, 0.15) is 6.04 Å². The van der Waals surface area contributed by atoms with E-state index in [1.807, 2.05) is 17.5 Å². The maximum atomic E-state index is 12.6. The number of amides is 1. The highest BCUT2D eigenvalue weighted by Crippen LogP contribution is 2.29. The van der Waals surface area contributed by atoms with Gasteiger partial charge in [-0.1, -0.05) is 20.8 Å². The van der Waals surface area contributed by atoms with Crippen molar-refractivity contribution in [2.75, 3.05) is 20.1 Å². The number of likely N-dealkylation sites (N-methyl/N-ethyl adjacent to an activating group) is 1. The number of nitrogens with one attached hydrogen (secondary N) is 1. The van der Waals surface area contributed by atoms with Crippen molar-refractivity contribution in [1.82, 2.24) is 15.2 Å². The van der Waals surface area contributed by atoms with Gasteiger partial charge in [-0.05, 0) is 12.5 Å². The standard InChI is InChI=1S/C13H21N3OS/c1-13(2,3)7-16-6-5-9-11(18-8-15-9)10(14-4)12(16)17/h8,10,14H,5-7H2,1-4H3. The van der Waals surface area contributed by atoms with Crippen molar-refractivity contribution in [3.05, 3.63) is 16.1 Å². The van der Waals surface area contributed by atoms with Crippen molar-refractivity contribution in [2.45, 2.75) is 33.2 Å². The van der Waals surface area contributed by atoms with Crippen LogP contribution in [0.15, 0.2) is 5.51 Å². The molecule has 1 N–H and O–H groups in total. The van der Waals surface area contributed by atoms with Crippen LogP contribution in [0, 0.1) is 5.41 Å². The van der Waals surface area contributed by atoms with Crippen LogP contribution in [-0.2, 0) is 11.2 Å². The molecule has 2 heterocycles. The molecular formula is C13H21N3OS. The highest BCUT2D eigenvalue weighted by Gasteiger charge is 2.33. The van der Waals surface area contributed by atoms with Crippen molar-refractivity contribution < 1.29 is 4.79 Å². The topological polar surface area (TPSA) is 45.2 Å². The van der Waals surface area contributed by atoms with E-state index in [4.69, 9.17) is 0 Å². The van der Waals surface area contributed by atoms with Crippen LogP contribution in [0.25, 0.3) is 0 Å². The van der Waals surface area contributed by atoms with Gasteiger partial charge in [0.15, 0.2) is 0 Å². The third-order valence-corrected chi connectivity index (χ3v) is 4.00. The van der Waals surface area contributed by atoms with Gasteiger partial charge in [0, 0.05) is 19.5 Å². The molecule has 0 radical (unpaired) electrons. The van der Waals surface area contributed by atoms with E-state index in [-0.39, 0.29) is 17.4 Å². The van der Waals surface area contributed by atoms with Gasteiger partial charge in [-0.25, -0.2) is 4.98 Å². The smallest absolute Gasteiger partial charge is 0.245 e. The molecule has 100 valence electrons. The first-order chi connectivity index (χ1) is 8.42. The van der Waals surface area contributed by atoms with Crippen LogP contribution < -0.4 is 5.32 Å². The summed E-state index contributed by atoms with van der Waals surface area (Å²) in [6, 6.07) is -0.225. The number of rotatable bonds is 2. The largest absolute Gasteiger partial charge is 0.340 e. The molecule has 2 rings (SSSR count). The molecule has 1 aromatic rings. The van der Waals surface area contributed by atoms with E-state index in [1.54, 1.807) is 11.3 Å². The minimum atomic E-state index is -0.225. The number of thiazole rings is 1. The summed E-state index contributed by atoms with van der Waals surface area (Å²) < 4.78 is 0. The number of hydrogen-bond acceptors (Lipinski definition) is 4. The van der Waals surface area contributed by atoms with Gasteiger partial charge >= 0.3 is 0 Å². The van der Waals surface area contributed by atoms with E-state index < -0.39 is 0 Å². The fourth-order valence-electron chi connectivity index (χ4n) is 2.33. The van der Waals surface area contributed by atoms with Gasteiger partial charge in [-0.15, -0.1) is 11.3 Å². The Morgan fingerprint density at radius 3 is 2.89 bits per heavy atom. The lowest BCUT2D eigenvalue weighted by Crippen LogP contribution is -2.42. The van der Waals surface area contributed by atoms with Gasteiger partial charge in [-0.3, -0.25) is 4.79 Å². The number of fused-ring (bicyclic) bond motifs is 1. The molecular weight excluding hydrogens is 246 g/mol. The van der Waals surface area contributed by atoms with Crippen molar-refractivity contribution in [2.24, 2.45) is 5.41 Å². The second-order valence-electron chi connectivity index (χ2n) is 5.96. The lowest BCUT2D eigenvalue weighted by molar-refractivity contribution is -0.134. The molecule has 0 aromatic carbocycles. The second kappa shape index (κ2) is 4.97. The van der Waals surface area contributed by atoms with Crippen LogP contribution >= 0.6 is 11.3 Å². The number of carbonyl (C=O) groups excluding carboxylic acids is 1. The highest BCUT2D eigenvalue weighted by molar-refractivity contribution is 7.10. The first kappa shape index (κ1) is 13.5. The molecule has 1 unspecified atom stereocenters. The fourth-order valence-corrected chi connectivity index (χ4v) is 3.27. The average molecular weight is 267 g/mol. The highest BCUT2D eigenvalue weighted by atomic mass is 32.1. The zero-order valence-electron chi connectivity index (χ0n) is 11.5. The Bertz CT molecular complexity index is 436. The SMILES string of the molecule is CNC1C(=O)N(CC(C)(C)C)CCc2ncsc21. The monoisotopic (exact) mass is 267 g/mol. The molecule has 0 spiro atoms. The number of hydrogen-bond donors (Lipinski definition) is 1. The molecule has 1 amide bonds. The molecule has 1 aliphatic rings. The van der Waals surface area contributed by atoms with Crippen molar-refractivity contribution in [1.29, 1.82) is 0 Å². The Morgan fingerprint density at radius 2 is 2.28 bits per heavy atom. The Morgan fingerprint density at radius 1 is 1.56 bits per heavy atom. The van der Waals surface area contributed by atoms with E-state index in [1.165, 1.54) is 0 Å². The molecule has 5 heteroatoms. The summed E-state index contributed by atoms with van der Waals surface area (Å²) in [4.78, 5) is 20.0. The van der Waals surface area contributed by atoms with Crippen LogP contribution in [0.1, 0.15) is 37.4 Å². The lowest BCUT2D eigenvalue weighted by atomic mass is 9.96. The van der Waals surface area contributed by atoms with Crippen LogP contribution in [0.5, 0.6) is 0 Å². The predicted octanol–water partition coefficient (Wildman–Crippen LogP) is 1.83. The van der Waals surface area contributed by atoms with E-state index in [9.17, 15) is 4.79 Å². The summed E-state index contributed by atoms with van der Waals surface area (Å²) in [5.74, 6) is 0.176. The van der Waals surface area contributed by atoms with Crippen molar-refractivity contribution >= 4 is 17.2 Å². The van der Waals surface area contributed by atoms with Crippen LogP contribution in [0.4, 0.5) is 0 Å². The zero-order chi connectivity index (χ0) is 13.3. The molecule has 0 aliphatic carbocycles. The summed E-state index contributed by atoms with van der Waals surface area (Å²) >= 11 is 1.57. The van der Waals surface area contributed by atoms with Crippen LogP contribution in [0.3, 0.4) is 0 Å². The summed E-state index contributed by atoms with van der Waals surface area (Å²) in [6.07, 6.45) is 0.860. The summed E-state index contributed by atoms with van der Waals surface area (Å²) in [5, 5.41) is 3.13. The average Bonchev–Trinajstić information content (AvgIpc) is 2.68. The first-order valence-electron chi connectivity index (χ1n) is 6.30. The molecule has 1 aromatic heterocycles. The Hall–Kier alpha value is -0.940. The van der Waals surface area contributed by atoms with Crippen LogP contribution in [0.2, 0.25) is 0 Å². The van der Waals surface area contributed by atoms with Crippen molar-refractivity contribution in [3.8, 4) is 0 Å².